The van der Waals surface area contributed by atoms with Gasteiger partial charge in [0.25, 0.3) is 0 Å². The zero-order chi connectivity index (χ0) is 14.3. The summed E-state index contributed by atoms with van der Waals surface area (Å²) in [5.41, 5.74) is 1.13. The average molecular weight is 276 g/mol. The molecule has 0 amide bonds. The first-order valence-electron chi connectivity index (χ1n) is 8.02. The van der Waals surface area contributed by atoms with Gasteiger partial charge in [0.1, 0.15) is 0 Å². The van der Waals surface area contributed by atoms with E-state index in [-0.39, 0.29) is 5.60 Å². The molecular weight excluding hydrogens is 248 g/mol. The number of nitrogens with zero attached hydrogens (tertiary/aromatic N) is 1. The number of aromatic nitrogens is 1. The van der Waals surface area contributed by atoms with Gasteiger partial charge in [0.2, 0.25) is 0 Å². The molecule has 1 atom stereocenters. The van der Waals surface area contributed by atoms with Crippen molar-refractivity contribution in [3.8, 4) is 0 Å². The monoisotopic (exact) mass is 276 g/mol. The second-order valence-electron chi connectivity index (χ2n) is 5.78. The number of rotatable bonds is 6. The van der Waals surface area contributed by atoms with Gasteiger partial charge in [-0.15, -0.1) is 0 Å². The average Bonchev–Trinajstić information content (AvgIpc) is 2.73. The molecule has 0 spiro atoms. The van der Waals surface area contributed by atoms with Crippen molar-refractivity contribution in [1.82, 2.24) is 10.3 Å². The topological polar surface area (TPSA) is 34.1 Å². The maximum atomic E-state index is 6.29. The molecule has 1 fully saturated rings. The summed E-state index contributed by atoms with van der Waals surface area (Å²) in [6.07, 6.45) is 10.4. The van der Waals surface area contributed by atoms with Crippen molar-refractivity contribution < 1.29 is 4.74 Å². The molecule has 1 aliphatic carbocycles. The third-order valence-electron chi connectivity index (χ3n) is 4.50. The molecule has 1 aliphatic rings. The molecule has 1 aromatic rings. The van der Waals surface area contributed by atoms with Gasteiger partial charge in [0.05, 0.1) is 5.60 Å². The van der Waals surface area contributed by atoms with Gasteiger partial charge in [0, 0.05) is 31.0 Å². The molecule has 3 nitrogen and oxygen atoms in total. The predicted octanol–water partition coefficient (Wildman–Crippen LogP) is 3.34. The second-order valence-corrected chi connectivity index (χ2v) is 5.78. The quantitative estimate of drug-likeness (QED) is 0.809. The zero-order valence-electron chi connectivity index (χ0n) is 12.9. The van der Waals surface area contributed by atoms with Crippen molar-refractivity contribution in [2.24, 2.45) is 0 Å². The third-order valence-corrected chi connectivity index (χ3v) is 4.50. The lowest BCUT2D eigenvalue weighted by atomic mass is 9.83. The van der Waals surface area contributed by atoms with Crippen LogP contribution in [0.5, 0.6) is 0 Å². The molecule has 20 heavy (non-hydrogen) atoms. The van der Waals surface area contributed by atoms with Gasteiger partial charge >= 0.3 is 0 Å². The molecule has 112 valence electrons. The highest BCUT2D eigenvalue weighted by Gasteiger charge is 2.39. The predicted molar refractivity (Wildman–Crippen MR) is 82.8 cm³/mol. The number of nitrogens with one attached hydrogen (secondary N) is 1. The molecule has 0 bridgehead atoms. The molecule has 1 aromatic heterocycles. The zero-order valence-corrected chi connectivity index (χ0v) is 12.9. The van der Waals surface area contributed by atoms with Crippen LogP contribution < -0.4 is 5.32 Å². The van der Waals surface area contributed by atoms with Gasteiger partial charge in [-0.2, -0.15) is 0 Å². The number of hydrogen-bond donors (Lipinski definition) is 1. The lowest BCUT2D eigenvalue weighted by molar-refractivity contribution is -0.0754. The van der Waals surface area contributed by atoms with Crippen molar-refractivity contribution in [2.45, 2.75) is 63.5 Å². The van der Waals surface area contributed by atoms with Crippen LogP contribution in [0.25, 0.3) is 0 Å². The maximum absolute atomic E-state index is 6.29. The molecule has 1 N–H and O–H groups in total. The summed E-state index contributed by atoms with van der Waals surface area (Å²) in [5, 5.41) is 3.51. The molecule has 0 saturated heterocycles. The van der Waals surface area contributed by atoms with E-state index < -0.39 is 0 Å². The van der Waals surface area contributed by atoms with Gasteiger partial charge in [0.15, 0.2) is 0 Å². The van der Waals surface area contributed by atoms with E-state index in [9.17, 15) is 0 Å². The van der Waals surface area contributed by atoms with E-state index in [0.717, 1.165) is 18.7 Å². The Bertz CT molecular complexity index is 372. The molecule has 2 rings (SSSR count). The highest BCUT2D eigenvalue weighted by Crippen LogP contribution is 2.34. The molecule has 0 aromatic carbocycles. The minimum atomic E-state index is -0.0163. The first-order chi connectivity index (χ1) is 9.80. The van der Waals surface area contributed by atoms with Crippen LogP contribution in [0.1, 0.15) is 51.1 Å². The van der Waals surface area contributed by atoms with E-state index in [1.165, 1.54) is 38.5 Å². The van der Waals surface area contributed by atoms with E-state index in [1.54, 1.807) is 0 Å². The Morgan fingerprint density at radius 3 is 2.55 bits per heavy atom. The summed E-state index contributed by atoms with van der Waals surface area (Å²) in [5.74, 6) is 0. The number of likely N-dealkylation sites (N-methyl/N-ethyl adjacent to an activating group) is 1. The summed E-state index contributed by atoms with van der Waals surface area (Å²) in [7, 11) is 2.05. The van der Waals surface area contributed by atoms with Crippen molar-refractivity contribution in [3.05, 3.63) is 30.1 Å². The Kier molecular flexibility index (Phi) is 5.99. The van der Waals surface area contributed by atoms with Crippen LogP contribution in [0.2, 0.25) is 0 Å². The Morgan fingerprint density at radius 2 is 2.00 bits per heavy atom. The van der Waals surface area contributed by atoms with Crippen molar-refractivity contribution in [1.29, 1.82) is 0 Å². The Balaban J connectivity index is 2.15. The van der Waals surface area contributed by atoms with E-state index in [0.29, 0.717) is 6.04 Å². The van der Waals surface area contributed by atoms with E-state index in [2.05, 4.69) is 36.4 Å². The normalized spacial score (nSPS) is 20.3. The lowest BCUT2D eigenvalue weighted by Crippen LogP contribution is -2.52. The maximum Gasteiger partial charge on any atom is 0.0838 e. The number of ether oxygens (including phenoxy) is 1. The largest absolute Gasteiger partial charge is 0.374 e. The summed E-state index contributed by atoms with van der Waals surface area (Å²) in [6.45, 7) is 2.90. The van der Waals surface area contributed by atoms with Crippen LogP contribution in [0.3, 0.4) is 0 Å². The molecule has 3 heteroatoms. The molecular formula is C17H28N2O. The van der Waals surface area contributed by atoms with Gasteiger partial charge in [-0.1, -0.05) is 31.7 Å². The van der Waals surface area contributed by atoms with Crippen LogP contribution in [0.4, 0.5) is 0 Å². The molecule has 1 heterocycles. The third kappa shape index (κ3) is 3.80. The SMILES string of the molecule is CCOC1(C(Cc2ccccn2)NC)CCCCCC1. The van der Waals surface area contributed by atoms with E-state index >= 15 is 0 Å². The van der Waals surface area contributed by atoms with Gasteiger partial charge < -0.3 is 10.1 Å². The van der Waals surface area contributed by atoms with E-state index in [4.69, 9.17) is 4.74 Å². The van der Waals surface area contributed by atoms with Crippen LogP contribution in [0.15, 0.2) is 24.4 Å². The molecule has 0 aliphatic heterocycles. The Morgan fingerprint density at radius 1 is 1.25 bits per heavy atom. The van der Waals surface area contributed by atoms with Crippen LogP contribution in [-0.4, -0.2) is 30.3 Å². The highest BCUT2D eigenvalue weighted by atomic mass is 16.5. The van der Waals surface area contributed by atoms with Gasteiger partial charge in [-0.05, 0) is 38.9 Å². The van der Waals surface area contributed by atoms with E-state index in [1.807, 2.05) is 12.3 Å². The smallest absolute Gasteiger partial charge is 0.0838 e. The highest BCUT2D eigenvalue weighted by molar-refractivity contribution is 5.08. The summed E-state index contributed by atoms with van der Waals surface area (Å²) in [6, 6.07) is 6.49. The second kappa shape index (κ2) is 7.75. The van der Waals surface area contributed by atoms with Gasteiger partial charge in [-0.3, -0.25) is 4.98 Å². The van der Waals surface area contributed by atoms with Crippen molar-refractivity contribution in [2.75, 3.05) is 13.7 Å². The molecule has 1 unspecified atom stereocenters. The van der Waals surface area contributed by atoms with Gasteiger partial charge in [-0.25, -0.2) is 0 Å². The van der Waals surface area contributed by atoms with Crippen molar-refractivity contribution >= 4 is 0 Å². The molecule has 1 saturated carbocycles. The standard InChI is InChI=1S/C17H28N2O/c1-3-20-17(11-7-4-5-8-12-17)16(18-2)14-15-10-6-9-13-19-15/h6,9-10,13,16,18H,3-5,7-8,11-12,14H2,1-2H3. The van der Waals surface area contributed by atoms with Crippen LogP contribution in [-0.2, 0) is 11.2 Å². The van der Waals surface area contributed by atoms with Crippen molar-refractivity contribution in [3.63, 3.8) is 0 Å². The fraction of sp³-hybridized carbons (Fsp3) is 0.706. The minimum absolute atomic E-state index is 0.0163. The first-order valence-corrected chi connectivity index (χ1v) is 8.02. The number of pyridine rings is 1. The first kappa shape index (κ1) is 15.5. The fourth-order valence-electron chi connectivity index (χ4n) is 3.49. The summed E-state index contributed by atoms with van der Waals surface area (Å²) >= 11 is 0. The Hall–Kier alpha value is -0.930. The summed E-state index contributed by atoms with van der Waals surface area (Å²) in [4.78, 5) is 4.48. The van der Waals surface area contributed by atoms with Crippen LogP contribution >= 0.6 is 0 Å². The molecule has 0 radical (unpaired) electrons. The minimum Gasteiger partial charge on any atom is -0.374 e. The fourth-order valence-corrected chi connectivity index (χ4v) is 3.49. The Labute approximate surface area is 123 Å². The lowest BCUT2D eigenvalue weighted by Gasteiger charge is -2.40. The number of hydrogen-bond acceptors (Lipinski definition) is 3. The van der Waals surface area contributed by atoms with Crippen LogP contribution in [0, 0.1) is 0 Å². The summed E-state index contributed by atoms with van der Waals surface area (Å²) < 4.78 is 6.29.